The minimum Gasteiger partial charge on any atom is -0.355 e. The van der Waals surface area contributed by atoms with Gasteiger partial charge in [-0.2, -0.15) is 19.7 Å². The Balaban J connectivity index is 1.36. The second-order valence-electron chi connectivity index (χ2n) is 7.37. The fourth-order valence-corrected chi connectivity index (χ4v) is 3.74. The Labute approximate surface area is 166 Å². The summed E-state index contributed by atoms with van der Waals surface area (Å²) in [4.78, 5) is 27.4. The van der Waals surface area contributed by atoms with Crippen molar-refractivity contribution in [3.63, 3.8) is 0 Å². The van der Waals surface area contributed by atoms with Crippen molar-refractivity contribution in [2.24, 2.45) is 5.92 Å². The molecule has 0 N–H and O–H groups in total. The molecule has 9 heteroatoms. The van der Waals surface area contributed by atoms with Crippen LogP contribution in [0.25, 0.3) is 17.0 Å². The number of hydrogen-bond donors (Lipinski definition) is 0. The fourth-order valence-electron chi connectivity index (χ4n) is 3.74. The first-order valence-corrected chi connectivity index (χ1v) is 9.50. The highest BCUT2D eigenvalue weighted by atomic mass is 16.1. The summed E-state index contributed by atoms with van der Waals surface area (Å²) < 4.78 is 3.34. The van der Waals surface area contributed by atoms with Crippen LogP contribution in [0.4, 0.5) is 5.82 Å². The van der Waals surface area contributed by atoms with E-state index >= 15 is 0 Å². The average molecular weight is 388 g/mol. The molecule has 29 heavy (non-hydrogen) atoms. The van der Waals surface area contributed by atoms with Crippen LogP contribution in [0.2, 0.25) is 0 Å². The quantitative estimate of drug-likeness (QED) is 0.523. The number of rotatable bonds is 4. The first-order chi connectivity index (χ1) is 14.1. The third-order valence-corrected chi connectivity index (χ3v) is 5.39. The lowest BCUT2D eigenvalue weighted by molar-refractivity contribution is 0.331. The lowest BCUT2D eigenvalue weighted by Crippen LogP contribution is -2.50. The van der Waals surface area contributed by atoms with E-state index in [9.17, 15) is 4.79 Å². The van der Waals surface area contributed by atoms with Gasteiger partial charge in [-0.1, -0.05) is 0 Å². The van der Waals surface area contributed by atoms with Crippen molar-refractivity contribution in [2.75, 3.05) is 18.0 Å². The minimum absolute atomic E-state index is 0.0920. The van der Waals surface area contributed by atoms with E-state index in [1.165, 1.54) is 6.33 Å². The summed E-state index contributed by atoms with van der Waals surface area (Å²) in [7, 11) is 0. The minimum atomic E-state index is -0.0920. The molecule has 0 unspecified atom stereocenters. The van der Waals surface area contributed by atoms with E-state index in [1.54, 1.807) is 33.7 Å². The molecular formula is C20H20N8O. The highest BCUT2D eigenvalue weighted by molar-refractivity contribution is 5.57. The van der Waals surface area contributed by atoms with Gasteiger partial charge in [-0.25, -0.2) is 9.67 Å². The molecular weight excluding hydrogens is 368 g/mol. The van der Waals surface area contributed by atoms with Crippen molar-refractivity contribution in [3.05, 3.63) is 64.6 Å². The monoisotopic (exact) mass is 388 g/mol. The Bertz CT molecular complexity index is 1240. The Hall–Kier alpha value is -3.62. The molecule has 146 valence electrons. The third kappa shape index (κ3) is 3.04. The van der Waals surface area contributed by atoms with Crippen LogP contribution in [0.3, 0.4) is 0 Å². The summed E-state index contributed by atoms with van der Waals surface area (Å²) in [5.41, 5.74) is 3.60. The van der Waals surface area contributed by atoms with Crippen molar-refractivity contribution in [1.29, 1.82) is 0 Å². The predicted molar refractivity (Wildman–Crippen MR) is 108 cm³/mol. The SMILES string of the molecule is Cc1nc2ncnn2c(N2CC(Cn3nc(-c4cccnc4)ccc3=O)C2)c1C. The summed E-state index contributed by atoms with van der Waals surface area (Å²) in [6.07, 6.45) is 4.99. The van der Waals surface area contributed by atoms with Gasteiger partial charge in [0.25, 0.3) is 11.3 Å². The van der Waals surface area contributed by atoms with Crippen molar-refractivity contribution in [3.8, 4) is 11.3 Å². The number of aryl methyl sites for hydroxylation is 1. The number of nitrogens with zero attached hydrogens (tertiary/aromatic N) is 8. The van der Waals surface area contributed by atoms with Crippen LogP contribution in [-0.4, -0.2) is 47.4 Å². The van der Waals surface area contributed by atoms with E-state index in [0.29, 0.717) is 18.2 Å². The standard InChI is InChI=1S/C20H20N8O/c1-13-14(2)24-20-22-12-23-28(20)19(13)26-9-15(10-26)11-27-18(29)6-5-17(25-27)16-4-3-7-21-8-16/h3-8,12,15H,9-11H2,1-2H3. The van der Waals surface area contributed by atoms with Gasteiger partial charge >= 0.3 is 0 Å². The largest absolute Gasteiger partial charge is 0.355 e. The normalized spacial score (nSPS) is 14.3. The summed E-state index contributed by atoms with van der Waals surface area (Å²) in [5.74, 6) is 1.95. The molecule has 9 nitrogen and oxygen atoms in total. The van der Waals surface area contributed by atoms with E-state index in [2.05, 4.69) is 37.0 Å². The van der Waals surface area contributed by atoms with Crippen molar-refractivity contribution >= 4 is 11.6 Å². The fraction of sp³-hybridized carbons (Fsp3) is 0.300. The highest BCUT2D eigenvalue weighted by Gasteiger charge is 2.31. The first-order valence-electron chi connectivity index (χ1n) is 9.50. The molecule has 5 rings (SSSR count). The Morgan fingerprint density at radius 2 is 2.03 bits per heavy atom. The van der Waals surface area contributed by atoms with Gasteiger partial charge in [-0.15, -0.1) is 0 Å². The number of pyridine rings is 1. The lowest BCUT2D eigenvalue weighted by atomic mass is 9.99. The molecule has 0 saturated carbocycles. The molecule has 0 radical (unpaired) electrons. The molecule has 1 fully saturated rings. The third-order valence-electron chi connectivity index (χ3n) is 5.39. The van der Waals surface area contributed by atoms with E-state index in [1.807, 2.05) is 19.1 Å². The van der Waals surface area contributed by atoms with Gasteiger partial charge in [0, 0.05) is 54.3 Å². The van der Waals surface area contributed by atoms with Crippen molar-refractivity contribution in [1.82, 2.24) is 34.3 Å². The second kappa shape index (κ2) is 6.77. The van der Waals surface area contributed by atoms with Crippen LogP contribution in [0.5, 0.6) is 0 Å². The molecule has 0 aliphatic carbocycles. The summed E-state index contributed by atoms with van der Waals surface area (Å²) in [5, 5.41) is 8.86. The number of anilines is 1. The molecule has 5 heterocycles. The van der Waals surface area contributed by atoms with E-state index in [0.717, 1.165) is 41.4 Å². The maximum atomic E-state index is 12.3. The predicted octanol–water partition coefficient (Wildman–Crippen LogP) is 1.50. The summed E-state index contributed by atoms with van der Waals surface area (Å²) >= 11 is 0. The van der Waals surface area contributed by atoms with Crippen LogP contribution in [0, 0.1) is 19.8 Å². The van der Waals surface area contributed by atoms with Crippen LogP contribution in [0.15, 0.2) is 47.8 Å². The molecule has 0 atom stereocenters. The van der Waals surface area contributed by atoms with Crippen LogP contribution < -0.4 is 10.5 Å². The first kappa shape index (κ1) is 17.5. The van der Waals surface area contributed by atoms with Crippen LogP contribution in [0.1, 0.15) is 11.3 Å². The molecule has 0 aromatic carbocycles. The second-order valence-corrected chi connectivity index (χ2v) is 7.37. The zero-order valence-corrected chi connectivity index (χ0v) is 16.2. The highest BCUT2D eigenvalue weighted by Crippen LogP contribution is 2.29. The smallest absolute Gasteiger partial charge is 0.266 e. The van der Waals surface area contributed by atoms with Crippen molar-refractivity contribution < 1.29 is 0 Å². The van der Waals surface area contributed by atoms with Crippen LogP contribution >= 0.6 is 0 Å². The lowest BCUT2D eigenvalue weighted by Gasteiger charge is -2.41. The molecule has 0 bridgehead atoms. The zero-order valence-electron chi connectivity index (χ0n) is 16.2. The van der Waals surface area contributed by atoms with Crippen LogP contribution in [-0.2, 0) is 6.54 Å². The van der Waals surface area contributed by atoms with E-state index in [4.69, 9.17) is 0 Å². The molecule has 1 aliphatic rings. The molecule has 4 aromatic rings. The Kier molecular flexibility index (Phi) is 4.08. The molecule has 1 aliphatic heterocycles. The molecule has 4 aromatic heterocycles. The van der Waals surface area contributed by atoms with Crippen molar-refractivity contribution in [2.45, 2.75) is 20.4 Å². The van der Waals surface area contributed by atoms with Gasteiger partial charge in [0.15, 0.2) is 0 Å². The van der Waals surface area contributed by atoms with E-state index in [-0.39, 0.29) is 5.56 Å². The number of hydrogen-bond acceptors (Lipinski definition) is 7. The topological polar surface area (TPSA) is 94.1 Å². The van der Waals surface area contributed by atoms with Gasteiger partial charge in [-0.05, 0) is 32.0 Å². The summed E-state index contributed by atoms with van der Waals surface area (Å²) in [6.45, 7) is 6.26. The maximum absolute atomic E-state index is 12.3. The number of fused-ring (bicyclic) bond motifs is 1. The van der Waals surface area contributed by atoms with Gasteiger partial charge in [0.05, 0.1) is 12.2 Å². The van der Waals surface area contributed by atoms with Gasteiger partial charge in [-0.3, -0.25) is 9.78 Å². The van der Waals surface area contributed by atoms with Gasteiger partial charge < -0.3 is 4.90 Å². The molecule has 0 spiro atoms. The molecule has 0 amide bonds. The zero-order chi connectivity index (χ0) is 20.0. The van der Waals surface area contributed by atoms with E-state index < -0.39 is 0 Å². The summed E-state index contributed by atoms with van der Waals surface area (Å²) in [6, 6.07) is 7.11. The number of aromatic nitrogens is 7. The molecule has 1 saturated heterocycles. The maximum Gasteiger partial charge on any atom is 0.266 e. The Morgan fingerprint density at radius 3 is 2.83 bits per heavy atom. The average Bonchev–Trinajstić information content (AvgIpc) is 3.16. The van der Waals surface area contributed by atoms with Gasteiger partial charge in [0.1, 0.15) is 12.1 Å². The van der Waals surface area contributed by atoms with Gasteiger partial charge in [0.2, 0.25) is 0 Å². The Morgan fingerprint density at radius 1 is 1.17 bits per heavy atom.